The Hall–Kier alpha value is -2.04. The van der Waals surface area contributed by atoms with Crippen LogP contribution in [-0.2, 0) is 9.59 Å². The number of hydrogen-bond donors (Lipinski definition) is 2. The van der Waals surface area contributed by atoms with Crippen molar-refractivity contribution in [3.05, 3.63) is 36.2 Å². The SMILES string of the molecule is C=C/C=C1\C(=C/C)NCCN1C1CCC(=O)NC1=O. The molecule has 0 bridgehead atoms. The third-order valence-corrected chi connectivity index (χ3v) is 3.40. The highest BCUT2D eigenvalue weighted by Crippen LogP contribution is 2.24. The molecule has 0 aliphatic carbocycles. The maximum absolute atomic E-state index is 12.0. The van der Waals surface area contributed by atoms with Gasteiger partial charge in [0, 0.05) is 19.5 Å². The minimum absolute atomic E-state index is 0.183. The molecule has 1 atom stereocenters. The molecule has 2 rings (SSSR count). The number of piperidine rings is 1. The van der Waals surface area contributed by atoms with Gasteiger partial charge in [-0.05, 0) is 19.4 Å². The summed E-state index contributed by atoms with van der Waals surface area (Å²) in [6, 6.07) is -0.277. The number of nitrogens with one attached hydrogen (secondary N) is 2. The van der Waals surface area contributed by atoms with E-state index in [2.05, 4.69) is 22.1 Å². The topological polar surface area (TPSA) is 61.4 Å². The number of hydrogen-bond acceptors (Lipinski definition) is 4. The van der Waals surface area contributed by atoms with E-state index in [4.69, 9.17) is 0 Å². The van der Waals surface area contributed by atoms with Gasteiger partial charge in [0.1, 0.15) is 6.04 Å². The van der Waals surface area contributed by atoms with Crippen molar-refractivity contribution in [1.82, 2.24) is 15.5 Å². The molecule has 0 aromatic heterocycles. The van der Waals surface area contributed by atoms with E-state index in [1.54, 1.807) is 6.08 Å². The number of rotatable bonds is 2. The summed E-state index contributed by atoms with van der Waals surface area (Å²) in [7, 11) is 0. The van der Waals surface area contributed by atoms with Gasteiger partial charge in [-0.3, -0.25) is 14.9 Å². The van der Waals surface area contributed by atoms with E-state index in [1.165, 1.54) is 0 Å². The van der Waals surface area contributed by atoms with E-state index >= 15 is 0 Å². The molecule has 0 saturated carbocycles. The van der Waals surface area contributed by atoms with E-state index in [1.807, 2.05) is 19.1 Å². The Balaban J connectivity index is 2.26. The number of amides is 2. The number of piperazine rings is 1. The third kappa shape index (κ3) is 2.70. The predicted octanol–water partition coefficient (Wildman–Crippen LogP) is 0.670. The van der Waals surface area contributed by atoms with Gasteiger partial charge >= 0.3 is 0 Å². The Morgan fingerprint density at radius 2 is 2.21 bits per heavy atom. The van der Waals surface area contributed by atoms with Crippen LogP contribution in [0.4, 0.5) is 0 Å². The lowest BCUT2D eigenvalue weighted by Crippen LogP contribution is -2.55. The molecule has 5 nitrogen and oxygen atoms in total. The lowest BCUT2D eigenvalue weighted by Gasteiger charge is -2.40. The first-order valence-corrected chi connectivity index (χ1v) is 6.51. The van der Waals surface area contributed by atoms with Crippen molar-refractivity contribution in [2.24, 2.45) is 0 Å². The van der Waals surface area contributed by atoms with Crippen LogP contribution in [0.3, 0.4) is 0 Å². The fourth-order valence-electron chi connectivity index (χ4n) is 2.53. The summed E-state index contributed by atoms with van der Waals surface area (Å²) >= 11 is 0. The molecule has 0 aromatic carbocycles. The number of imide groups is 1. The largest absolute Gasteiger partial charge is 0.382 e. The molecule has 2 heterocycles. The molecule has 2 N–H and O–H groups in total. The predicted molar refractivity (Wildman–Crippen MR) is 72.9 cm³/mol. The van der Waals surface area contributed by atoms with Crippen LogP contribution in [0.5, 0.6) is 0 Å². The number of carbonyl (C=O) groups is 2. The fourth-order valence-corrected chi connectivity index (χ4v) is 2.53. The quantitative estimate of drug-likeness (QED) is 0.717. The zero-order chi connectivity index (χ0) is 13.8. The molecule has 0 spiro atoms. The van der Waals surface area contributed by atoms with Gasteiger partial charge in [0.05, 0.1) is 11.4 Å². The minimum Gasteiger partial charge on any atom is -0.382 e. The zero-order valence-electron chi connectivity index (χ0n) is 11.1. The Kier molecular flexibility index (Phi) is 4.04. The molecule has 2 aliphatic rings. The second-order valence-corrected chi connectivity index (χ2v) is 4.58. The highest BCUT2D eigenvalue weighted by Gasteiger charge is 2.34. The lowest BCUT2D eigenvalue weighted by atomic mass is 10.0. The standard InChI is InChI=1S/C14H19N3O2/c1-3-5-11-10(4-2)15-8-9-17(11)12-6-7-13(18)16-14(12)19/h3-5,12,15H,1,6-9H2,2H3,(H,16,18,19)/b10-4+,11-5+. The smallest absolute Gasteiger partial charge is 0.249 e. The minimum atomic E-state index is -0.277. The molecule has 2 amide bonds. The molecule has 0 radical (unpaired) electrons. The van der Waals surface area contributed by atoms with Gasteiger partial charge in [-0.1, -0.05) is 18.7 Å². The maximum Gasteiger partial charge on any atom is 0.249 e. The Bertz CT molecular complexity index is 465. The van der Waals surface area contributed by atoms with Crippen molar-refractivity contribution in [1.29, 1.82) is 0 Å². The first-order valence-electron chi connectivity index (χ1n) is 6.51. The molecule has 5 heteroatoms. The van der Waals surface area contributed by atoms with Crippen LogP contribution in [0.2, 0.25) is 0 Å². The second-order valence-electron chi connectivity index (χ2n) is 4.58. The fraction of sp³-hybridized carbons (Fsp3) is 0.429. The Labute approximate surface area is 113 Å². The van der Waals surface area contributed by atoms with E-state index in [0.717, 1.165) is 24.5 Å². The molecule has 0 aromatic rings. The van der Waals surface area contributed by atoms with Crippen LogP contribution in [0.1, 0.15) is 19.8 Å². The average Bonchev–Trinajstić information content (AvgIpc) is 2.40. The van der Waals surface area contributed by atoms with Crippen molar-refractivity contribution >= 4 is 11.8 Å². The van der Waals surface area contributed by atoms with E-state index < -0.39 is 0 Å². The van der Waals surface area contributed by atoms with Crippen molar-refractivity contribution in [2.75, 3.05) is 13.1 Å². The van der Waals surface area contributed by atoms with Gasteiger partial charge in [-0.25, -0.2) is 0 Å². The highest BCUT2D eigenvalue weighted by molar-refractivity contribution is 6.00. The zero-order valence-corrected chi connectivity index (χ0v) is 11.1. The van der Waals surface area contributed by atoms with Gasteiger partial charge in [0.15, 0.2) is 0 Å². The maximum atomic E-state index is 12.0. The monoisotopic (exact) mass is 261 g/mol. The molecule has 102 valence electrons. The molecule has 2 saturated heterocycles. The van der Waals surface area contributed by atoms with E-state index in [-0.39, 0.29) is 17.9 Å². The first-order chi connectivity index (χ1) is 9.17. The van der Waals surface area contributed by atoms with Crippen LogP contribution < -0.4 is 10.6 Å². The van der Waals surface area contributed by atoms with Crippen LogP contribution in [-0.4, -0.2) is 35.8 Å². The lowest BCUT2D eigenvalue weighted by molar-refractivity contribution is -0.137. The van der Waals surface area contributed by atoms with Crippen molar-refractivity contribution in [3.63, 3.8) is 0 Å². The van der Waals surface area contributed by atoms with Crippen LogP contribution in [0.25, 0.3) is 0 Å². The summed E-state index contributed by atoms with van der Waals surface area (Å²) in [6.07, 6.45) is 6.55. The van der Waals surface area contributed by atoms with Crippen LogP contribution in [0, 0.1) is 0 Å². The molecular weight excluding hydrogens is 242 g/mol. The molecule has 1 unspecified atom stereocenters. The summed E-state index contributed by atoms with van der Waals surface area (Å²) in [4.78, 5) is 25.3. The number of carbonyl (C=O) groups excluding carboxylic acids is 2. The Morgan fingerprint density at radius 1 is 1.42 bits per heavy atom. The normalized spacial score (nSPS) is 28.3. The second kappa shape index (κ2) is 5.73. The highest BCUT2D eigenvalue weighted by atomic mass is 16.2. The number of nitrogens with zero attached hydrogens (tertiary/aromatic N) is 1. The first kappa shape index (κ1) is 13.4. The van der Waals surface area contributed by atoms with E-state index in [0.29, 0.717) is 12.8 Å². The summed E-state index contributed by atoms with van der Waals surface area (Å²) in [5.74, 6) is -0.388. The molecular formula is C14H19N3O2. The third-order valence-electron chi connectivity index (χ3n) is 3.40. The van der Waals surface area contributed by atoms with Gasteiger partial charge in [0.2, 0.25) is 11.8 Å². The van der Waals surface area contributed by atoms with Crippen molar-refractivity contribution in [2.45, 2.75) is 25.8 Å². The van der Waals surface area contributed by atoms with Gasteiger partial charge in [-0.15, -0.1) is 0 Å². The molecule has 2 aliphatic heterocycles. The summed E-state index contributed by atoms with van der Waals surface area (Å²) in [6.45, 7) is 7.20. The molecule has 19 heavy (non-hydrogen) atoms. The summed E-state index contributed by atoms with van der Waals surface area (Å²) < 4.78 is 0. The Morgan fingerprint density at radius 3 is 2.84 bits per heavy atom. The average molecular weight is 261 g/mol. The molecule has 2 fully saturated rings. The van der Waals surface area contributed by atoms with Crippen LogP contribution >= 0.6 is 0 Å². The summed E-state index contributed by atoms with van der Waals surface area (Å²) in [5, 5.41) is 5.71. The van der Waals surface area contributed by atoms with Crippen LogP contribution in [0.15, 0.2) is 36.2 Å². The van der Waals surface area contributed by atoms with Gasteiger partial charge < -0.3 is 10.2 Å². The van der Waals surface area contributed by atoms with Crippen molar-refractivity contribution in [3.8, 4) is 0 Å². The summed E-state index contributed by atoms with van der Waals surface area (Å²) in [5.41, 5.74) is 1.95. The number of allylic oxidation sites excluding steroid dienone is 3. The van der Waals surface area contributed by atoms with Gasteiger partial charge in [0.25, 0.3) is 0 Å². The van der Waals surface area contributed by atoms with E-state index in [9.17, 15) is 9.59 Å². The van der Waals surface area contributed by atoms with Gasteiger partial charge in [-0.2, -0.15) is 0 Å². The van der Waals surface area contributed by atoms with Crippen molar-refractivity contribution < 1.29 is 9.59 Å².